The smallest absolute Gasteiger partial charge is 0.244 e. The largest absolute Gasteiger partial charge is 0.496 e. The number of benzene rings is 1. The van der Waals surface area contributed by atoms with Gasteiger partial charge in [-0.3, -0.25) is 14.6 Å². The Labute approximate surface area is 159 Å². The van der Waals surface area contributed by atoms with Gasteiger partial charge >= 0.3 is 0 Å². The van der Waals surface area contributed by atoms with Crippen molar-refractivity contribution in [1.29, 1.82) is 0 Å². The number of hydrogen-bond donors (Lipinski definition) is 0. The highest BCUT2D eigenvalue weighted by Crippen LogP contribution is 2.28. The molecule has 0 unspecified atom stereocenters. The molecule has 0 N–H and O–H groups in total. The van der Waals surface area contributed by atoms with Crippen LogP contribution in [-0.4, -0.2) is 35.9 Å². The Bertz CT molecular complexity index is 837. The highest BCUT2D eigenvalue weighted by molar-refractivity contribution is 5.80. The fourth-order valence-electron chi connectivity index (χ4n) is 3.70. The maximum atomic E-state index is 12.8. The molecule has 1 aromatic carbocycles. The van der Waals surface area contributed by atoms with Gasteiger partial charge in [-0.25, -0.2) is 0 Å². The van der Waals surface area contributed by atoms with Gasteiger partial charge in [0.25, 0.3) is 0 Å². The number of carbonyl (C=O) groups is 1. The van der Waals surface area contributed by atoms with E-state index in [9.17, 15) is 4.79 Å². The van der Waals surface area contributed by atoms with E-state index in [1.807, 2.05) is 24.3 Å². The standard InChI is InChI=1S/C22H24N2O3/c1-26-20-9-5-8-17-10-11-23(14-19(17)20)16-22(25)24-12-13-27-21(15-24)18-6-3-2-4-7-18/h2-3,5-6,8-9,12-13,15H,4,7,10-11,14,16H2,1H3. The average Bonchev–Trinajstić information content (AvgIpc) is 2.74. The third kappa shape index (κ3) is 3.83. The number of carbonyl (C=O) groups excluding carboxylic acids is 1. The number of rotatable bonds is 4. The van der Waals surface area contributed by atoms with Crippen LogP contribution in [0.5, 0.6) is 5.75 Å². The number of nitrogens with zero attached hydrogens (tertiary/aromatic N) is 2. The molecule has 0 bridgehead atoms. The maximum absolute atomic E-state index is 12.8. The third-order valence-electron chi connectivity index (χ3n) is 5.18. The van der Waals surface area contributed by atoms with Gasteiger partial charge in [0, 0.05) is 24.9 Å². The fourth-order valence-corrected chi connectivity index (χ4v) is 3.70. The molecule has 27 heavy (non-hydrogen) atoms. The van der Waals surface area contributed by atoms with E-state index in [1.165, 1.54) is 11.1 Å². The molecule has 0 atom stereocenters. The van der Waals surface area contributed by atoms with E-state index < -0.39 is 0 Å². The number of hydrogen-bond acceptors (Lipinski definition) is 4. The first-order valence-electron chi connectivity index (χ1n) is 9.34. The first kappa shape index (κ1) is 17.6. The molecule has 5 heteroatoms. The highest BCUT2D eigenvalue weighted by atomic mass is 16.5. The first-order valence-corrected chi connectivity index (χ1v) is 9.34. The van der Waals surface area contributed by atoms with Crippen molar-refractivity contribution in [2.45, 2.75) is 25.8 Å². The quantitative estimate of drug-likeness (QED) is 0.820. The zero-order valence-corrected chi connectivity index (χ0v) is 15.6. The Morgan fingerprint density at radius 1 is 1.30 bits per heavy atom. The van der Waals surface area contributed by atoms with E-state index in [0.29, 0.717) is 6.54 Å². The maximum Gasteiger partial charge on any atom is 0.244 e. The summed E-state index contributed by atoms with van der Waals surface area (Å²) in [5.74, 6) is 1.69. The lowest BCUT2D eigenvalue weighted by Gasteiger charge is -2.30. The summed E-state index contributed by atoms with van der Waals surface area (Å²) in [4.78, 5) is 16.6. The molecule has 0 spiro atoms. The molecule has 0 radical (unpaired) electrons. The van der Waals surface area contributed by atoms with Gasteiger partial charge < -0.3 is 9.47 Å². The Morgan fingerprint density at radius 3 is 3.04 bits per heavy atom. The van der Waals surface area contributed by atoms with Gasteiger partial charge in [-0.15, -0.1) is 0 Å². The van der Waals surface area contributed by atoms with Crippen molar-refractivity contribution < 1.29 is 14.3 Å². The summed E-state index contributed by atoms with van der Waals surface area (Å²) in [6.45, 7) is 1.96. The summed E-state index contributed by atoms with van der Waals surface area (Å²) in [6, 6.07) is 6.15. The second kappa shape index (κ2) is 7.84. The number of amides is 1. The van der Waals surface area contributed by atoms with Crippen LogP contribution in [0.2, 0.25) is 0 Å². The van der Waals surface area contributed by atoms with Crippen LogP contribution in [0.3, 0.4) is 0 Å². The van der Waals surface area contributed by atoms with Crippen LogP contribution in [0.1, 0.15) is 24.0 Å². The summed E-state index contributed by atoms with van der Waals surface area (Å²) < 4.78 is 11.1. The lowest BCUT2D eigenvalue weighted by molar-refractivity contribution is -0.128. The third-order valence-corrected chi connectivity index (χ3v) is 5.18. The van der Waals surface area contributed by atoms with E-state index in [1.54, 1.807) is 30.7 Å². The minimum atomic E-state index is 0.0392. The molecule has 0 fully saturated rings. The lowest BCUT2D eigenvalue weighted by atomic mass is 9.99. The van der Waals surface area contributed by atoms with Crippen molar-refractivity contribution in [1.82, 2.24) is 9.80 Å². The Kier molecular flexibility index (Phi) is 5.12. The van der Waals surface area contributed by atoms with Gasteiger partial charge in [-0.05, 0) is 36.5 Å². The summed E-state index contributed by atoms with van der Waals surface area (Å²) in [6.07, 6.45) is 14.1. The van der Waals surface area contributed by atoms with Gasteiger partial charge in [0.15, 0.2) is 0 Å². The molecule has 0 aromatic heterocycles. The molecule has 0 saturated heterocycles. The number of allylic oxidation sites excluding steroid dienone is 4. The fraction of sp³-hybridized carbons (Fsp3) is 0.318. The molecule has 1 aromatic rings. The molecule has 4 rings (SSSR count). The normalized spacial score (nSPS) is 19.1. The van der Waals surface area contributed by atoms with Crippen LogP contribution in [-0.2, 0) is 22.5 Å². The summed E-state index contributed by atoms with van der Waals surface area (Å²) in [5, 5.41) is 0. The van der Waals surface area contributed by atoms with Crippen LogP contribution in [0.4, 0.5) is 0 Å². The van der Waals surface area contributed by atoms with Crippen LogP contribution in [0, 0.1) is 0 Å². The molecule has 1 amide bonds. The summed E-state index contributed by atoms with van der Waals surface area (Å²) in [7, 11) is 1.69. The number of methoxy groups -OCH3 is 1. The zero-order chi connectivity index (χ0) is 18.6. The SMILES string of the molecule is COc1cccc2c1CN(CC(=O)N1C=COC(C3=CC=CCC3)=C1)CC2. The topological polar surface area (TPSA) is 42.0 Å². The van der Waals surface area contributed by atoms with Crippen LogP contribution >= 0.6 is 0 Å². The predicted molar refractivity (Wildman–Crippen MR) is 104 cm³/mol. The monoisotopic (exact) mass is 364 g/mol. The van der Waals surface area contributed by atoms with Crippen LogP contribution < -0.4 is 4.74 Å². The Hall–Kier alpha value is -2.79. The molecular formula is C22H24N2O3. The number of ether oxygens (including phenoxy) is 2. The average molecular weight is 364 g/mol. The van der Waals surface area contributed by atoms with Gasteiger partial charge in [0.2, 0.25) is 5.91 Å². The van der Waals surface area contributed by atoms with Gasteiger partial charge in [-0.2, -0.15) is 0 Å². The van der Waals surface area contributed by atoms with Crippen molar-refractivity contribution >= 4 is 5.91 Å². The van der Waals surface area contributed by atoms with Crippen molar-refractivity contribution in [2.24, 2.45) is 0 Å². The second-order valence-corrected chi connectivity index (χ2v) is 6.91. The van der Waals surface area contributed by atoms with Gasteiger partial charge in [-0.1, -0.05) is 30.4 Å². The Morgan fingerprint density at radius 2 is 2.22 bits per heavy atom. The lowest BCUT2D eigenvalue weighted by Crippen LogP contribution is -2.39. The van der Waals surface area contributed by atoms with Crippen LogP contribution in [0.15, 0.2) is 66.4 Å². The molecule has 0 saturated carbocycles. The predicted octanol–water partition coefficient (Wildman–Crippen LogP) is 3.50. The minimum absolute atomic E-state index is 0.0392. The van der Waals surface area contributed by atoms with E-state index in [0.717, 1.165) is 49.4 Å². The van der Waals surface area contributed by atoms with Crippen molar-refractivity contribution in [2.75, 3.05) is 20.2 Å². The summed E-state index contributed by atoms with van der Waals surface area (Å²) in [5.41, 5.74) is 3.62. The van der Waals surface area contributed by atoms with Crippen molar-refractivity contribution in [3.63, 3.8) is 0 Å². The van der Waals surface area contributed by atoms with E-state index >= 15 is 0 Å². The molecule has 5 nitrogen and oxygen atoms in total. The molecule has 1 aliphatic carbocycles. The van der Waals surface area contributed by atoms with Crippen LogP contribution in [0.25, 0.3) is 0 Å². The molecule has 2 aliphatic heterocycles. The number of fused-ring (bicyclic) bond motifs is 1. The van der Waals surface area contributed by atoms with Gasteiger partial charge in [0.05, 0.1) is 19.9 Å². The van der Waals surface area contributed by atoms with Crippen molar-refractivity contribution in [3.8, 4) is 5.75 Å². The van der Waals surface area contributed by atoms with E-state index in [4.69, 9.17) is 9.47 Å². The minimum Gasteiger partial charge on any atom is -0.496 e. The summed E-state index contributed by atoms with van der Waals surface area (Å²) >= 11 is 0. The Balaban J connectivity index is 1.44. The van der Waals surface area contributed by atoms with Crippen molar-refractivity contribution in [3.05, 3.63) is 77.5 Å². The molecular weight excluding hydrogens is 340 g/mol. The first-order chi connectivity index (χ1) is 13.2. The molecule has 140 valence electrons. The van der Waals surface area contributed by atoms with E-state index in [-0.39, 0.29) is 5.91 Å². The van der Waals surface area contributed by atoms with E-state index in [2.05, 4.69) is 17.0 Å². The molecule has 2 heterocycles. The van der Waals surface area contributed by atoms with Gasteiger partial charge in [0.1, 0.15) is 17.8 Å². The molecule has 3 aliphatic rings. The zero-order valence-electron chi connectivity index (χ0n) is 15.6. The second-order valence-electron chi connectivity index (χ2n) is 6.91. The highest BCUT2D eigenvalue weighted by Gasteiger charge is 2.24.